The Balaban J connectivity index is 1.21. The van der Waals surface area contributed by atoms with Crippen LogP contribution < -0.4 is 0 Å². The van der Waals surface area contributed by atoms with Gasteiger partial charge in [0.05, 0.1) is 24.9 Å². The van der Waals surface area contributed by atoms with E-state index in [0.29, 0.717) is 12.5 Å². The van der Waals surface area contributed by atoms with Crippen LogP contribution in [0.2, 0.25) is 0 Å². The Labute approximate surface area is 150 Å². The zero-order valence-corrected chi connectivity index (χ0v) is 15.3. The quantitative estimate of drug-likeness (QED) is 0.782. The minimum Gasteiger partial charge on any atom is -0.381 e. The number of carbonyl (C=O) groups excluding carboxylic acids is 1. The van der Waals surface area contributed by atoms with Gasteiger partial charge in [-0.15, -0.1) is 0 Å². The largest absolute Gasteiger partial charge is 0.381 e. The molecule has 1 spiro atoms. The van der Waals surface area contributed by atoms with Gasteiger partial charge in [0.2, 0.25) is 0 Å². The van der Waals surface area contributed by atoms with E-state index >= 15 is 0 Å². The van der Waals surface area contributed by atoms with Crippen LogP contribution in [0.5, 0.6) is 0 Å². The summed E-state index contributed by atoms with van der Waals surface area (Å²) in [5, 5.41) is 0. The summed E-state index contributed by atoms with van der Waals surface area (Å²) in [5.41, 5.74) is -0.0534. The number of rotatable bonds is 3. The molecule has 0 aromatic carbocycles. The van der Waals surface area contributed by atoms with Gasteiger partial charge in [0.25, 0.3) is 0 Å². The number of hydrogen-bond donors (Lipinski definition) is 0. The zero-order chi connectivity index (χ0) is 17.1. The van der Waals surface area contributed by atoms with Gasteiger partial charge in [-0.1, -0.05) is 0 Å². The number of ether oxygens (including phenoxy) is 3. The summed E-state index contributed by atoms with van der Waals surface area (Å²) in [4.78, 5) is 16.6. The van der Waals surface area contributed by atoms with Gasteiger partial charge in [0, 0.05) is 45.8 Å². The molecule has 2 amide bonds. The second-order valence-corrected chi connectivity index (χ2v) is 8.17. The first-order valence-electron chi connectivity index (χ1n) is 10.1. The topological polar surface area (TPSA) is 51.2 Å². The molecule has 4 saturated heterocycles. The van der Waals surface area contributed by atoms with Crippen LogP contribution in [0, 0.1) is 5.92 Å². The average molecular weight is 352 g/mol. The summed E-state index contributed by atoms with van der Waals surface area (Å²) in [6.45, 7) is 6.80. The molecule has 0 aromatic heterocycles. The van der Waals surface area contributed by atoms with Crippen molar-refractivity contribution in [3.63, 3.8) is 0 Å². The summed E-state index contributed by atoms with van der Waals surface area (Å²) in [6.07, 6.45) is 7.65. The van der Waals surface area contributed by atoms with Crippen LogP contribution in [0.25, 0.3) is 0 Å². The lowest BCUT2D eigenvalue weighted by molar-refractivity contribution is -0.0421. The number of hydrogen-bond acceptors (Lipinski definition) is 4. The summed E-state index contributed by atoms with van der Waals surface area (Å²) < 4.78 is 17.8. The third kappa shape index (κ3) is 4.12. The van der Waals surface area contributed by atoms with E-state index < -0.39 is 0 Å². The predicted molar refractivity (Wildman–Crippen MR) is 93.6 cm³/mol. The minimum absolute atomic E-state index is 0.0534. The fourth-order valence-corrected chi connectivity index (χ4v) is 4.66. The Morgan fingerprint density at radius 2 is 1.72 bits per heavy atom. The maximum atomic E-state index is 12.5. The van der Waals surface area contributed by atoms with Crippen molar-refractivity contribution in [3.05, 3.63) is 0 Å². The highest BCUT2D eigenvalue weighted by molar-refractivity contribution is 5.74. The molecule has 4 aliphatic rings. The molecular weight excluding hydrogens is 320 g/mol. The first-order chi connectivity index (χ1) is 12.2. The lowest BCUT2D eigenvalue weighted by Gasteiger charge is -2.39. The average Bonchev–Trinajstić information content (AvgIpc) is 3.32. The molecule has 4 aliphatic heterocycles. The van der Waals surface area contributed by atoms with Crippen molar-refractivity contribution < 1.29 is 19.0 Å². The molecule has 142 valence electrons. The van der Waals surface area contributed by atoms with Gasteiger partial charge in [-0.2, -0.15) is 0 Å². The van der Waals surface area contributed by atoms with Gasteiger partial charge in [-0.05, 0) is 44.4 Å². The van der Waals surface area contributed by atoms with E-state index in [-0.39, 0.29) is 17.7 Å². The van der Waals surface area contributed by atoms with Crippen LogP contribution in [-0.4, -0.2) is 80.1 Å². The Morgan fingerprint density at radius 1 is 1.04 bits per heavy atom. The molecule has 6 heteroatoms. The van der Waals surface area contributed by atoms with Crippen LogP contribution in [0.15, 0.2) is 0 Å². The monoisotopic (exact) mass is 352 g/mol. The number of carbonyl (C=O) groups is 1. The van der Waals surface area contributed by atoms with Crippen molar-refractivity contribution >= 4 is 6.03 Å². The van der Waals surface area contributed by atoms with Gasteiger partial charge >= 0.3 is 6.03 Å². The predicted octanol–water partition coefficient (Wildman–Crippen LogP) is 2.27. The van der Waals surface area contributed by atoms with Crippen LogP contribution >= 0.6 is 0 Å². The van der Waals surface area contributed by atoms with Gasteiger partial charge in [-0.3, -0.25) is 0 Å². The molecule has 0 N–H and O–H groups in total. The fraction of sp³-hybridized carbons (Fsp3) is 0.947. The second-order valence-electron chi connectivity index (χ2n) is 8.17. The first-order valence-corrected chi connectivity index (χ1v) is 10.1. The van der Waals surface area contributed by atoms with Gasteiger partial charge in [0.15, 0.2) is 0 Å². The molecule has 6 nitrogen and oxygen atoms in total. The number of nitrogens with zero attached hydrogens (tertiary/aromatic N) is 2. The van der Waals surface area contributed by atoms with E-state index in [9.17, 15) is 4.79 Å². The van der Waals surface area contributed by atoms with Gasteiger partial charge in [-0.25, -0.2) is 4.79 Å². The SMILES string of the molecule is O=C(N1CCCC1)N1CCC2(CC1)C[C@H](OCC1CCOCC1)CO2. The molecule has 0 aromatic rings. The van der Waals surface area contributed by atoms with Crippen molar-refractivity contribution in [3.8, 4) is 0 Å². The standard InChI is InChI=1S/C19H32N2O4/c22-18(20-7-1-2-8-20)21-9-5-19(6-10-21)13-17(15-25-19)24-14-16-3-11-23-12-4-16/h16-17H,1-15H2/t17-/m0/s1. The van der Waals surface area contributed by atoms with Crippen molar-refractivity contribution in [2.24, 2.45) is 5.92 Å². The van der Waals surface area contributed by atoms with Crippen LogP contribution in [-0.2, 0) is 14.2 Å². The molecule has 4 fully saturated rings. The maximum Gasteiger partial charge on any atom is 0.320 e. The molecule has 0 aliphatic carbocycles. The zero-order valence-electron chi connectivity index (χ0n) is 15.3. The van der Waals surface area contributed by atoms with Crippen molar-refractivity contribution in [2.45, 2.75) is 56.7 Å². The lowest BCUT2D eigenvalue weighted by atomic mass is 9.88. The third-order valence-corrected chi connectivity index (χ3v) is 6.41. The van der Waals surface area contributed by atoms with Gasteiger partial charge < -0.3 is 24.0 Å². The molecule has 25 heavy (non-hydrogen) atoms. The second kappa shape index (κ2) is 7.80. The van der Waals surface area contributed by atoms with Crippen molar-refractivity contribution in [2.75, 3.05) is 52.6 Å². The highest BCUT2D eigenvalue weighted by Gasteiger charge is 2.44. The maximum absolute atomic E-state index is 12.5. The minimum atomic E-state index is -0.0534. The molecule has 0 radical (unpaired) electrons. The molecule has 0 bridgehead atoms. The van der Waals surface area contributed by atoms with Crippen LogP contribution in [0.3, 0.4) is 0 Å². The first kappa shape index (κ1) is 17.6. The third-order valence-electron chi connectivity index (χ3n) is 6.41. The molecule has 0 unspecified atom stereocenters. The van der Waals surface area contributed by atoms with Crippen molar-refractivity contribution in [1.29, 1.82) is 0 Å². The van der Waals surface area contributed by atoms with Crippen LogP contribution in [0.4, 0.5) is 4.79 Å². The molecular formula is C19H32N2O4. The Hall–Kier alpha value is -0.850. The molecule has 1 atom stereocenters. The van der Waals surface area contributed by atoms with E-state index in [4.69, 9.17) is 14.2 Å². The van der Waals surface area contributed by atoms with E-state index in [1.54, 1.807) is 0 Å². The Bertz CT molecular complexity index is 452. The Kier molecular flexibility index (Phi) is 5.48. The highest BCUT2D eigenvalue weighted by Crippen LogP contribution is 2.37. The molecule has 4 heterocycles. The van der Waals surface area contributed by atoms with E-state index in [1.165, 1.54) is 0 Å². The summed E-state index contributed by atoms with van der Waals surface area (Å²) in [5.74, 6) is 0.644. The van der Waals surface area contributed by atoms with Crippen LogP contribution in [0.1, 0.15) is 44.9 Å². The van der Waals surface area contributed by atoms with E-state index in [0.717, 1.165) is 90.9 Å². The molecule has 4 rings (SSSR count). The smallest absolute Gasteiger partial charge is 0.320 e. The number of amides is 2. The Morgan fingerprint density at radius 3 is 2.44 bits per heavy atom. The number of urea groups is 1. The van der Waals surface area contributed by atoms with E-state index in [2.05, 4.69) is 0 Å². The normalized spacial score (nSPS) is 30.3. The lowest BCUT2D eigenvalue weighted by Crippen LogP contribution is -2.50. The highest BCUT2D eigenvalue weighted by atomic mass is 16.6. The summed E-state index contributed by atoms with van der Waals surface area (Å²) in [7, 11) is 0. The van der Waals surface area contributed by atoms with E-state index in [1.807, 2.05) is 9.80 Å². The fourth-order valence-electron chi connectivity index (χ4n) is 4.66. The number of likely N-dealkylation sites (tertiary alicyclic amines) is 2. The summed E-state index contributed by atoms with van der Waals surface area (Å²) >= 11 is 0. The van der Waals surface area contributed by atoms with Gasteiger partial charge in [0.1, 0.15) is 0 Å². The molecule has 0 saturated carbocycles. The summed E-state index contributed by atoms with van der Waals surface area (Å²) in [6, 6.07) is 0.234. The van der Waals surface area contributed by atoms with Crippen molar-refractivity contribution in [1.82, 2.24) is 9.80 Å². The number of piperidine rings is 1.